The molecule has 3 aromatic carbocycles. The summed E-state index contributed by atoms with van der Waals surface area (Å²) in [6.07, 6.45) is 0.157. The first-order valence-electron chi connectivity index (χ1n) is 14.4. The summed E-state index contributed by atoms with van der Waals surface area (Å²) in [6.45, 7) is 5.05. The van der Waals surface area contributed by atoms with Crippen molar-refractivity contribution in [2.75, 3.05) is 0 Å². The van der Waals surface area contributed by atoms with Gasteiger partial charge in [-0.15, -0.1) is 0 Å². The summed E-state index contributed by atoms with van der Waals surface area (Å²) >= 11 is 0. The van der Waals surface area contributed by atoms with Crippen LogP contribution in [0, 0.1) is 5.92 Å². The average molecular weight is 597 g/mol. The molecule has 4 amide bonds. The molecule has 1 aromatic heterocycles. The van der Waals surface area contributed by atoms with Crippen molar-refractivity contribution in [2.24, 2.45) is 5.92 Å². The van der Waals surface area contributed by atoms with Gasteiger partial charge in [-0.05, 0) is 30.0 Å². The van der Waals surface area contributed by atoms with E-state index in [1.54, 1.807) is 32.0 Å². The topological polar surface area (TPSA) is 162 Å². The lowest BCUT2D eigenvalue weighted by molar-refractivity contribution is -0.141. The van der Waals surface area contributed by atoms with Gasteiger partial charge in [0.2, 0.25) is 17.6 Å². The molecule has 0 saturated heterocycles. The third kappa shape index (κ3) is 8.15. The largest absolute Gasteiger partial charge is 0.345 e. The Hall–Kier alpha value is -5.32. The molecular formula is C33H36N6O5. The van der Waals surface area contributed by atoms with Gasteiger partial charge in [0.1, 0.15) is 12.1 Å². The zero-order valence-corrected chi connectivity index (χ0v) is 24.8. The van der Waals surface area contributed by atoms with Crippen molar-refractivity contribution in [2.45, 2.75) is 51.9 Å². The van der Waals surface area contributed by atoms with E-state index >= 15 is 0 Å². The first-order chi connectivity index (χ1) is 21.1. The maximum absolute atomic E-state index is 13.4. The number of ketones is 1. The van der Waals surface area contributed by atoms with Crippen LogP contribution in [-0.2, 0) is 32.1 Å². The Labute approximate surface area is 255 Å². The second-order valence-electron chi connectivity index (χ2n) is 10.8. The highest BCUT2D eigenvalue weighted by molar-refractivity contribution is 6.38. The number of nitrogens with one attached hydrogen (secondary N) is 5. The third-order valence-corrected chi connectivity index (χ3v) is 7.11. The third-order valence-electron chi connectivity index (χ3n) is 7.11. The molecule has 3 unspecified atom stereocenters. The van der Waals surface area contributed by atoms with Gasteiger partial charge in [0.25, 0.3) is 11.8 Å². The van der Waals surface area contributed by atoms with Gasteiger partial charge in [0.05, 0.1) is 11.6 Å². The van der Waals surface area contributed by atoms with Crippen molar-refractivity contribution in [1.29, 1.82) is 0 Å². The Bertz CT molecular complexity index is 1620. The van der Waals surface area contributed by atoms with E-state index in [1.807, 2.05) is 66.7 Å². The Morgan fingerprint density at radius 2 is 1.34 bits per heavy atom. The average Bonchev–Trinajstić information content (AvgIpc) is 3.47. The number of rotatable bonds is 13. The maximum atomic E-state index is 13.4. The van der Waals surface area contributed by atoms with Crippen LogP contribution < -0.4 is 21.3 Å². The minimum Gasteiger partial charge on any atom is -0.345 e. The minimum absolute atomic E-state index is 0.140. The van der Waals surface area contributed by atoms with E-state index in [1.165, 1.54) is 6.92 Å². The number of hydrogen-bond donors (Lipinski definition) is 5. The molecule has 0 bridgehead atoms. The normalized spacial score (nSPS) is 13.0. The van der Waals surface area contributed by atoms with Crippen molar-refractivity contribution in [1.82, 2.24) is 31.5 Å². The summed E-state index contributed by atoms with van der Waals surface area (Å²) < 4.78 is 0. The van der Waals surface area contributed by atoms with Crippen LogP contribution >= 0.6 is 0 Å². The smallest absolute Gasteiger partial charge is 0.289 e. The Balaban J connectivity index is 1.41. The first kappa shape index (κ1) is 31.6. The quantitative estimate of drug-likeness (QED) is 0.149. The van der Waals surface area contributed by atoms with Crippen LogP contribution in [0.25, 0.3) is 10.9 Å². The Kier molecular flexibility index (Phi) is 10.6. The predicted molar refractivity (Wildman–Crippen MR) is 165 cm³/mol. The number of benzene rings is 3. The van der Waals surface area contributed by atoms with E-state index in [2.05, 4.69) is 31.5 Å². The molecule has 0 spiro atoms. The molecule has 4 aromatic rings. The van der Waals surface area contributed by atoms with Crippen LogP contribution in [0.1, 0.15) is 42.4 Å². The molecule has 0 aliphatic heterocycles. The number of carbonyl (C=O) groups excluding carboxylic acids is 5. The molecule has 4 rings (SSSR count). The second-order valence-corrected chi connectivity index (χ2v) is 10.8. The Morgan fingerprint density at radius 1 is 0.727 bits per heavy atom. The zero-order valence-electron chi connectivity index (χ0n) is 24.8. The molecule has 0 aliphatic carbocycles. The molecule has 1 heterocycles. The van der Waals surface area contributed by atoms with Crippen molar-refractivity contribution >= 4 is 40.3 Å². The molecule has 3 atom stereocenters. The highest BCUT2D eigenvalue weighted by Gasteiger charge is 2.32. The van der Waals surface area contributed by atoms with E-state index < -0.39 is 53.5 Å². The fraction of sp³-hybridized carbons (Fsp3) is 0.273. The van der Waals surface area contributed by atoms with Gasteiger partial charge in [0, 0.05) is 18.4 Å². The summed E-state index contributed by atoms with van der Waals surface area (Å²) in [7, 11) is 0. The van der Waals surface area contributed by atoms with Gasteiger partial charge in [-0.25, -0.2) is 0 Å². The number of nitrogens with zero attached hydrogens (tertiary/aromatic N) is 1. The van der Waals surface area contributed by atoms with Crippen LogP contribution in [0.15, 0.2) is 84.9 Å². The monoisotopic (exact) mass is 596 g/mol. The number of fused-ring (bicyclic) bond motifs is 1. The van der Waals surface area contributed by atoms with Crippen molar-refractivity contribution < 1.29 is 24.0 Å². The summed E-state index contributed by atoms with van der Waals surface area (Å²) in [5.41, 5.74) is 2.44. The lowest BCUT2D eigenvalue weighted by Crippen LogP contribution is -2.57. The molecule has 0 radical (unpaired) electrons. The lowest BCUT2D eigenvalue weighted by atomic mass is 9.98. The van der Waals surface area contributed by atoms with Crippen LogP contribution in [0.3, 0.4) is 0 Å². The SMILES string of the molecule is CC(NC(=O)C(Cc1ccccc1)NC(=O)c1n[nH]c2ccccc12)C(=O)NC(C(=O)C(=O)NCc1ccccc1)C(C)C. The number of carbonyl (C=O) groups is 5. The van der Waals surface area contributed by atoms with Gasteiger partial charge < -0.3 is 21.3 Å². The molecule has 11 heteroatoms. The molecule has 0 aliphatic rings. The van der Waals surface area contributed by atoms with Crippen LogP contribution in [0.5, 0.6) is 0 Å². The summed E-state index contributed by atoms with van der Waals surface area (Å²) in [5, 5.41) is 18.1. The highest BCUT2D eigenvalue weighted by atomic mass is 16.2. The van der Waals surface area contributed by atoms with Crippen LogP contribution in [0.4, 0.5) is 0 Å². The number of Topliss-reactive ketones (excluding diaryl/α,β-unsaturated/α-hetero) is 1. The van der Waals surface area contributed by atoms with E-state index in [-0.39, 0.29) is 18.7 Å². The van der Waals surface area contributed by atoms with Gasteiger partial charge in [-0.1, -0.05) is 92.7 Å². The zero-order chi connectivity index (χ0) is 31.6. The van der Waals surface area contributed by atoms with Gasteiger partial charge in [0.15, 0.2) is 5.69 Å². The second kappa shape index (κ2) is 14.7. The van der Waals surface area contributed by atoms with E-state index in [9.17, 15) is 24.0 Å². The number of aromatic nitrogens is 2. The summed E-state index contributed by atoms with van der Waals surface area (Å²) in [5.74, 6) is -3.81. The minimum atomic E-state index is -1.11. The van der Waals surface area contributed by atoms with Crippen LogP contribution in [0.2, 0.25) is 0 Å². The molecular weight excluding hydrogens is 560 g/mol. The van der Waals surface area contributed by atoms with E-state index in [0.29, 0.717) is 10.9 Å². The van der Waals surface area contributed by atoms with Crippen molar-refractivity contribution in [3.05, 3.63) is 102 Å². The van der Waals surface area contributed by atoms with Crippen molar-refractivity contribution in [3.8, 4) is 0 Å². The van der Waals surface area contributed by atoms with Gasteiger partial charge in [-0.3, -0.25) is 29.1 Å². The maximum Gasteiger partial charge on any atom is 0.289 e. The highest BCUT2D eigenvalue weighted by Crippen LogP contribution is 2.15. The molecule has 44 heavy (non-hydrogen) atoms. The number of amides is 4. The van der Waals surface area contributed by atoms with Crippen molar-refractivity contribution in [3.63, 3.8) is 0 Å². The van der Waals surface area contributed by atoms with E-state index in [0.717, 1.165) is 11.1 Å². The molecule has 11 nitrogen and oxygen atoms in total. The fourth-order valence-corrected chi connectivity index (χ4v) is 4.62. The van der Waals surface area contributed by atoms with Gasteiger partial charge >= 0.3 is 0 Å². The predicted octanol–water partition coefficient (Wildman–Crippen LogP) is 2.44. The molecule has 0 saturated carbocycles. The lowest BCUT2D eigenvalue weighted by Gasteiger charge is -2.24. The van der Waals surface area contributed by atoms with Gasteiger partial charge in [-0.2, -0.15) is 5.10 Å². The molecule has 5 N–H and O–H groups in total. The molecule has 228 valence electrons. The number of aromatic amines is 1. The number of hydrogen-bond acceptors (Lipinski definition) is 6. The van der Waals surface area contributed by atoms with E-state index in [4.69, 9.17) is 0 Å². The van der Waals surface area contributed by atoms with Crippen LogP contribution in [-0.4, -0.2) is 57.7 Å². The standard InChI is InChI=1S/C33H36N6O5/c1-20(2)27(29(40)33(44)34-19-23-14-8-5-9-15-23)37-30(41)21(3)35-31(42)26(18-22-12-6-4-7-13-22)36-32(43)28-24-16-10-11-17-25(24)38-39-28/h4-17,20-21,26-27H,18-19H2,1-3H3,(H,34,44)(H,35,42)(H,36,43)(H,37,41)(H,38,39). The summed E-state index contributed by atoms with van der Waals surface area (Å²) in [4.78, 5) is 65.4. The first-order valence-corrected chi connectivity index (χ1v) is 14.4. The molecule has 0 fully saturated rings. The fourth-order valence-electron chi connectivity index (χ4n) is 4.62. The number of para-hydroxylation sites is 1. The summed E-state index contributed by atoms with van der Waals surface area (Å²) in [6, 6.07) is 22.2. The Morgan fingerprint density at radius 3 is 2.00 bits per heavy atom. The number of H-pyrrole nitrogens is 1.